The average molecular weight is 480 g/mol. The number of pyridine rings is 1. The van der Waals surface area contributed by atoms with Crippen molar-refractivity contribution in [3.8, 4) is 0 Å². The van der Waals surface area contributed by atoms with Gasteiger partial charge in [0.25, 0.3) is 0 Å². The molecule has 1 aromatic carbocycles. The zero-order valence-corrected chi connectivity index (χ0v) is 18.0. The van der Waals surface area contributed by atoms with Gasteiger partial charge in [0.15, 0.2) is 0 Å². The average Bonchev–Trinajstić information content (AvgIpc) is 3.14. The highest BCUT2D eigenvalue weighted by Gasteiger charge is 2.25. The molecule has 1 fully saturated rings. The number of piperazine rings is 1. The molecule has 152 valence electrons. The highest BCUT2D eigenvalue weighted by molar-refractivity contribution is 9.11. The molecule has 0 saturated carbocycles. The van der Waals surface area contributed by atoms with Crippen molar-refractivity contribution in [1.29, 1.82) is 0 Å². The second-order valence-corrected chi connectivity index (χ2v) is 9.37. The first-order valence-electron chi connectivity index (χ1n) is 9.22. The molecule has 4 rings (SSSR count). The fourth-order valence-electron chi connectivity index (χ4n) is 3.73. The van der Waals surface area contributed by atoms with Gasteiger partial charge in [-0.2, -0.15) is 0 Å². The minimum atomic E-state index is -1.31. The number of carboxylic acids is 1. The number of carbonyl (C=O) groups is 1. The predicted octanol–water partition coefficient (Wildman–Crippen LogP) is 3.83. The van der Waals surface area contributed by atoms with Crippen LogP contribution in [0, 0.1) is 5.82 Å². The molecule has 2 aromatic heterocycles. The van der Waals surface area contributed by atoms with Gasteiger partial charge in [-0.1, -0.05) is 0 Å². The number of halogens is 2. The van der Waals surface area contributed by atoms with Crippen molar-refractivity contribution in [2.24, 2.45) is 0 Å². The van der Waals surface area contributed by atoms with Crippen molar-refractivity contribution >= 4 is 49.8 Å². The van der Waals surface area contributed by atoms with Crippen LogP contribution in [0.5, 0.6) is 0 Å². The van der Waals surface area contributed by atoms with Gasteiger partial charge >= 0.3 is 5.97 Å². The van der Waals surface area contributed by atoms with Gasteiger partial charge in [-0.05, 0) is 47.1 Å². The molecule has 1 unspecified atom stereocenters. The standard InChI is InChI=1S/C20H19BrFN3O3S/c1-2-24-9-12(20(27)28)19(26)11-7-13(22)16(8-15(11)24)25-6-5-23-14(10-25)17-3-4-18(21)29-17/h3-4,7-9,14,23H,2,5-6,10H2,1H3,(H,27,28). The van der Waals surface area contributed by atoms with E-state index in [0.29, 0.717) is 37.4 Å². The van der Waals surface area contributed by atoms with Crippen LogP contribution in [0.25, 0.3) is 10.9 Å². The molecule has 1 saturated heterocycles. The molecule has 0 spiro atoms. The number of benzene rings is 1. The van der Waals surface area contributed by atoms with Crippen LogP contribution in [0.2, 0.25) is 0 Å². The van der Waals surface area contributed by atoms with E-state index in [1.54, 1.807) is 22.0 Å². The number of aromatic carboxylic acids is 1. The number of fused-ring (bicyclic) bond motifs is 1. The number of carboxylic acid groups (broad SMARTS) is 1. The minimum absolute atomic E-state index is 0.0814. The van der Waals surface area contributed by atoms with Gasteiger partial charge in [-0.25, -0.2) is 9.18 Å². The first kappa shape index (κ1) is 20.1. The van der Waals surface area contributed by atoms with E-state index >= 15 is 4.39 Å². The van der Waals surface area contributed by atoms with Gasteiger partial charge in [-0.3, -0.25) is 4.79 Å². The summed E-state index contributed by atoms with van der Waals surface area (Å²) in [5.41, 5.74) is -0.0570. The van der Waals surface area contributed by atoms with Crippen LogP contribution in [0.3, 0.4) is 0 Å². The molecule has 0 amide bonds. The smallest absolute Gasteiger partial charge is 0.341 e. The Hall–Kier alpha value is -2.23. The molecule has 0 aliphatic carbocycles. The van der Waals surface area contributed by atoms with Crippen LogP contribution < -0.4 is 15.6 Å². The van der Waals surface area contributed by atoms with Crippen molar-refractivity contribution in [3.63, 3.8) is 0 Å². The third-order valence-corrected chi connectivity index (χ3v) is 6.91. The summed E-state index contributed by atoms with van der Waals surface area (Å²) in [6.07, 6.45) is 1.33. The monoisotopic (exact) mass is 479 g/mol. The summed E-state index contributed by atoms with van der Waals surface area (Å²) in [5.74, 6) is -1.83. The zero-order chi connectivity index (χ0) is 20.7. The van der Waals surface area contributed by atoms with E-state index in [9.17, 15) is 14.7 Å². The number of hydrogen-bond donors (Lipinski definition) is 2. The summed E-state index contributed by atoms with van der Waals surface area (Å²) in [6.45, 7) is 4.26. The first-order valence-corrected chi connectivity index (χ1v) is 10.8. The van der Waals surface area contributed by atoms with Crippen molar-refractivity contribution in [2.75, 3.05) is 24.5 Å². The van der Waals surface area contributed by atoms with Crippen molar-refractivity contribution < 1.29 is 14.3 Å². The lowest BCUT2D eigenvalue weighted by Gasteiger charge is -2.35. The molecular formula is C20H19BrFN3O3S. The molecule has 3 aromatic rings. The lowest BCUT2D eigenvalue weighted by atomic mass is 10.1. The predicted molar refractivity (Wildman–Crippen MR) is 116 cm³/mol. The quantitative estimate of drug-likeness (QED) is 0.594. The number of hydrogen-bond acceptors (Lipinski definition) is 5. The van der Waals surface area contributed by atoms with E-state index in [4.69, 9.17) is 0 Å². The maximum Gasteiger partial charge on any atom is 0.341 e. The van der Waals surface area contributed by atoms with Gasteiger partial charge in [-0.15, -0.1) is 11.3 Å². The summed E-state index contributed by atoms with van der Waals surface area (Å²) < 4.78 is 17.7. The Bertz CT molecular complexity index is 1160. The van der Waals surface area contributed by atoms with E-state index in [1.165, 1.54) is 17.1 Å². The summed E-state index contributed by atoms with van der Waals surface area (Å²) >= 11 is 5.12. The van der Waals surface area contributed by atoms with Crippen molar-refractivity contribution in [3.05, 3.63) is 60.7 Å². The SMILES string of the molecule is CCn1cc(C(=O)O)c(=O)c2cc(F)c(N3CCNC(c4ccc(Br)s4)C3)cc21. The normalized spacial score (nSPS) is 17.1. The number of nitrogens with one attached hydrogen (secondary N) is 1. The van der Waals surface area contributed by atoms with Gasteiger partial charge in [0.05, 0.1) is 21.0 Å². The molecule has 0 bridgehead atoms. The van der Waals surface area contributed by atoms with Crippen molar-refractivity contribution in [2.45, 2.75) is 19.5 Å². The number of thiophene rings is 1. The molecule has 0 radical (unpaired) electrons. The van der Waals surface area contributed by atoms with Crippen LogP contribution in [-0.2, 0) is 6.54 Å². The topological polar surface area (TPSA) is 74.6 Å². The highest BCUT2D eigenvalue weighted by atomic mass is 79.9. The van der Waals surface area contributed by atoms with Crippen LogP contribution in [0.1, 0.15) is 28.2 Å². The van der Waals surface area contributed by atoms with Crippen LogP contribution in [0.15, 0.2) is 39.0 Å². The van der Waals surface area contributed by atoms with E-state index in [2.05, 4.69) is 27.3 Å². The maximum absolute atomic E-state index is 15.0. The Kier molecular flexibility index (Phi) is 5.46. The second kappa shape index (κ2) is 7.89. The van der Waals surface area contributed by atoms with Crippen LogP contribution in [-0.4, -0.2) is 35.3 Å². The zero-order valence-electron chi connectivity index (χ0n) is 15.6. The second-order valence-electron chi connectivity index (χ2n) is 6.88. The Balaban J connectivity index is 1.78. The summed E-state index contributed by atoms with van der Waals surface area (Å²) in [5, 5.41) is 12.8. The fraction of sp³-hybridized carbons (Fsp3) is 0.300. The highest BCUT2D eigenvalue weighted by Crippen LogP contribution is 2.32. The number of anilines is 1. The van der Waals surface area contributed by atoms with Gasteiger partial charge in [0, 0.05) is 42.6 Å². The Morgan fingerprint density at radius 3 is 2.86 bits per heavy atom. The molecule has 6 nitrogen and oxygen atoms in total. The first-order chi connectivity index (χ1) is 13.9. The number of rotatable bonds is 4. The minimum Gasteiger partial charge on any atom is -0.477 e. The fourth-order valence-corrected chi connectivity index (χ4v) is 5.22. The molecule has 1 aliphatic heterocycles. The molecule has 3 heterocycles. The largest absolute Gasteiger partial charge is 0.477 e. The molecular weight excluding hydrogens is 461 g/mol. The van der Waals surface area contributed by atoms with Gasteiger partial charge in [0.1, 0.15) is 11.4 Å². The Morgan fingerprint density at radius 2 is 2.21 bits per heavy atom. The lowest BCUT2D eigenvalue weighted by Crippen LogP contribution is -2.46. The maximum atomic E-state index is 15.0. The molecule has 29 heavy (non-hydrogen) atoms. The van der Waals surface area contributed by atoms with E-state index in [0.717, 1.165) is 3.79 Å². The van der Waals surface area contributed by atoms with Gasteiger partial charge < -0.3 is 19.9 Å². The molecule has 2 N–H and O–H groups in total. The molecule has 1 aliphatic rings. The number of aromatic nitrogens is 1. The molecule has 1 atom stereocenters. The van der Waals surface area contributed by atoms with E-state index in [1.807, 2.05) is 17.9 Å². The lowest BCUT2D eigenvalue weighted by molar-refractivity contribution is 0.0695. The number of nitrogens with zero attached hydrogens (tertiary/aromatic N) is 2. The van der Waals surface area contributed by atoms with Crippen LogP contribution >= 0.6 is 27.3 Å². The van der Waals surface area contributed by atoms with E-state index < -0.39 is 17.2 Å². The summed E-state index contributed by atoms with van der Waals surface area (Å²) in [7, 11) is 0. The third-order valence-electron chi connectivity index (χ3n) is 5.17. The Labute approximate surface area is 178 Å². The van der Waals surface area contributed by atoms with Gasteiger partial charge in [0.2, 0.25) is 5.43 Å². The van der Waals surface area contributed by atoms with Crippen molar-refractivity contribution in [1.82, 2.24) is 9.88 Å². The number of aryl methyl sites for hydroxylation is 1. The third kappa shape index (κ3) is 3.70. The van der Waals surface area contributed by atoms with E-state index in [-0.39, 0.29) is 17.0 Å². The van der Waals surface area contributed by atoms with Crippen LogP contribution in [0.4, 0.5) is 10.1 Å². The summed E-state index contributed by atoms with van der Waals surface area (Å²) in [6, 6.07) is 6.96. The summed E-state index contributed by atoms with van der Waals surface area (Å²) in [4.78, 5) is 27.0. The molecule has 9 heteroatoms. The Morgan fingerprint density at radius 1 is 1.41 bits per heavy atom.